The van der Waals surface area contributed by atoms with Crippen LogP contribution in [0.1, 0.15) is 25.0 Å². The first kappa shape index (κ1) is 15.0. The quantitative estimate of drug-likeness (QED) is 0.611. The van der Waals surface area contributed by atoms with Gasteiger partial charge in [-0.05, 0) is 31.5 Å². The van der Waals surface area contributed by atoms with Crippen LogP contribution in [-0.4, -0.2) is 24.3 Å². The van der Waals surface area contributed by atoms with Crippen molar-refractivity contribution >= 4 is 17.2 Å². The summed E-state index contributed by atoms with van der Waals surface area (Å²) in [6.45, 7) is 5.28. The van der Waals surface area contributed by atoms with Crippen molar-refractivity contribution in [1.82, 2.24) is 0 Å². The van der Waals surface area contributed by atoms with Gasteiger partial charge in [0.1, 0.15) is 10.8 Å². The molecule has 0 saturated carbocycles. The van der Waals surface area contributed by atoms with Crippen molar-refractivity contribution < 1.29 is 13.9 Å². The van der Waals surface area contributed by atoms with Crippen LogP contribution in [0.2, 0.25) is 0 Å². The molecule has 1 aromatic carbocycles. The zero-order valence-corrected chi connectivity index (χ0v) is 11.4. The fourth-order valence-corrected chi connectivity index (χ4v) is 1.62. The Morgan fingerprint density at radius 3 is 2.72 bits per heavy atom. The van der Waals surface area contributed by atoms with Crippen LogP contribution < -0.4 is 5.73 Å². The third kappa shape index (κ3) is 5.08. The number of hydrogen-bond donors (Lipinski definition) is 1. The number of thiocarbonyl (C=S) groups is 1. The second kappa shape index (κ2) is 7.41. The number of hydrogen-bond acceptors (Lipinski definition) is 3. The fraction of sp³-hybridized carbons (Fsp3) is 0.462. The molecule has 0 aliphatic rings. The zero-order chi connectivity index (χ0) is 13.5. The van der Waals surface area contributed by atoms with Crippen molar-refractivity contribution in [3.8, 4) is 0 Å². The molecule has 3 nitrogen and oxygen atoms in total. The highest BCUT2D eigenvalue weighted by atomic mass is 32.1. The summed E-state index contributed by atoms with van der Waals surface area (Å²) in [5, 5.41) is 0. The molecule has 0 radical (unpaired) electrons. The lowest BCUT2D eigenvalue weighted by molar-refractivity contribution is 0.0142. The lowest BCUT2D eigenvalue weighted by atomic mass is 10.1. The topological polar surface area (TPSA) is 44.5 Å². The smallest absolute Gasteiger partial charge is 0.123 e. The minimum atomic E-state index is -0.357. The summed E-state index contributed by atoms with van der Waals surface area (Å²) in [6.07, 6.45) is 0.187. The molecule has 5 heteroatoms. The van der Waals surface area contributed by atoms with Gasteiger partial charge in [-0.25, -0.2) is 4.39 Å². The Kier molecular flexibility index (Phi) is 6.18. The molecule has 0 fully saturated rings. The molecule has 0 aliphatic heterocycles. The molecule has 0 unspecified atom stereocenters. The van der Waals surface area contributed by atoms with Crippen molar-refractivity contribution in [3.05, 3.63) is 35.1 Å². The maximum atomic E-state index is 13.1. The number of rotatable bonds is 7. The van der Waals surface area contributed by atoms with E-state index in [1.54, 1.807) is 6.07 Å². The Hall–Kier alpha value is -1.04. The summed E-state index contributed by atoms with van der Waals surface area (Å²) in [4.78, 5) is 0.173. The van der Waals surface area contributed by atoms with E-state index in [1.165, 1.54) is 12.1 Å². The van der Waals surface area contributed by atoms with E-state index in [4.69, 9.17) is 27.4 Å². The van der Waals surface area contributed by atoms with Gasteiger partial charge in [0.25, 0.3) is 0 Å². The Balaban J connectivity index is 2.49. The van der Waals surface area contributed by atoms with Crippen molar-refractivity contribution in [1.29, 1.82) is 0 Å². The molecular formula is C13H18FNO2S. The van der Waals surface area contributed by atoms with Crippen molar-refractivity contribution in [3.63, 3.8) is 0 Å². The summed E-state index contributed by atoms with van der Waals surface area (Å²) in [5.41, 5.74) is 6.85. The van der Waals surface area contributed by atoms with Gasteiger partial charge in [-0.15, -0.1) is 0 Å². The van der Waals surface area contributed by atoms with Crippen molar-refractivity contribution in [2.45, 2.75) is 26.6 Å². The molecule has 0 bridgehead atoms. The molecule has 18 heavy (non-hydrogen) atoms. The normalized spacial score (nSPS) is 10.9. The molecule has 1 aromatic rings. The lowest BCUT2D eigenvalue weighted by Gasteiger charge is -2.10. The maximum absolute atomic E-state index is 13.1. The molecule has 0 heterocycles. The molecule has 0 aliphatic carbocycles. The average Bonchev–Trinajstić information content (AvgIpc) is 2.29. The van der Waals surface area contributed by atoms with Gasteiger partial charge in [0, 0.05) is 5.56 Å². The highest BCUT2D eigenvalue weighted by Gasteiger charge is 2.07. The van der Waals surface area contributed by atoms with E-state index in [0.29, 0.717) is 25.4 Å². The summed E-state index contributed by atoms with van der Waals surface area (Å²) in [5.74, 6) is -0.357. The lowest BCUT2D eigenvalue weighted by Crippen LogP contribution is -2.14. The van der Waals surface area contributed by atoms with E-state index in [1.807, 2.05) is 13.8 Å². The molecule has 0 atom stereocenters. The monoisotopic (exact) mass is 271 g/mol. The third-order valence-corrected chi connectivity index (χ3v) is 2.49. The molecule has 0 aromatic heterocycles. The SMILES string of the molecule is CC(C)OCCOCc1ccc(F)cc1C(N)=S. The standard InChI is InChI=1S/C13H18FNO2S/c1-9(2)17-6-5-16-8-10-3-4-11(14)7-12(10)13(15)18/h3-4,7,9H,5-6,8H2,1-2H3,(H2,15,18). The minimum Gasteiger partial charge on any atom is -0.389 e. The maximum Gasteiger partial charge on any atom is 0.123 e. The van der Waals surface area contributed by atoms with Gasteiger partial charge in [-0.1, -0.05) is 18.3 Å². The van der Waals surface area contributed by atoms with E-state index in [2.05, 4.69) is 0 Å². The van der Waals surface area contributed by atoms with E-state index in [0.717, 1.165) is 5.56 Å². The summed E-state index contributed by atoms with van der Waals surface area (Å²) >= 11 is 4.88. The van der Waals surface area contributed by atoms with Crippen LogP contribution in [0.3, 0.4) is 0 Å². The average molecular weight is 271 g/mol. The second-order valence-corrected chi connectivity index (χ2v) is 4.58. The highest BCUT2D eigenvalue weighted by Crippen LogP contribution is 2.12. The Bertz CT molecular complexity index is 410. The van der Waals surface area contributed by atoms with Gasteiger partial charge in [0.05, 0.1) is 25.9 Å². The van der Waals surface area contributed by atoms with Gasteiger partial charge < -0.3 is 15.2 Å². The second-order valence-electron chi connectivity index (χ2n) is 4.14. The summed E-state index contributed by atoms with van der Waals surface area (Å²) in [6, 6.07) is 4.32. The van der Waals surface area contributed by atoms with Crippen molar-refractivity contribution in [2.24, 2.45) is 5.73 Å². The number of benzene rings is 1. The van der Waals surface area contributed by atoms with Crippen LogP contribution in [-0.2, 0) is 16.1 Å². The Morgan fingerprint density at radius 1 is 1.39 bits per heavy atom. The highest BCUT2D eigenvalue weighted by molar-refractivity contribution is 7.80. The molecule has 100 valence electrons. The number of halogens is 1. The molecule has 1 rings (SSSR count). The van der Waals surface area contributed by atoms with E-state index >= 15 is 0 Å². The first-order valence-electron chi connectivity index (χ1n) is 5.78. The number of ether oxygens (including phenoxy) is 2. The molecule has 0 spiro atoms. The van der Waals surface area contributed by atoms with Gasteiger partial charge in [-0.3, -0.25) is 0 Å². The fourth-order valence-electron chi connectivity index (χ4n) is 1.43. The van der Waals surface area contributed by atoms with Crippen LogP contribution >= 0.6 is 12.2 Å². The van der Waals surface area contributed by atoms with Crippen molar-refractivity contribution in [2.75, 3.05) is 13.2 Å². The first-order valence-corrected chi connectivity index (χ1v) is 6.19. The predicted octanol–water partition coefficient (Wildman–Crippen LogP) is 2.40. The van der Waals surface area contributed by atoms with Gasteiger partial charge in [0.2, 0.25) is 0 Å². The summed E-state index contributed by atoms with van der Waals surface area (Å²) in [7, 11) is 0. The Labute approximate surface area is 112 Å². The largest absolute Gasteiger partial charge is 0.389 e. The van der Waals surface area contributed by atoms with Crippen LogP contribution in [0.5, 0.6) is 0 Å². The third-order valence-electron chi connectivity index (χ3n) is 2.27. The van der Waals surface area contributed by atoms with Crippen LogP contribution in [0, 0.1) is 5.82 Å². The van der Waals surface area contributed by atoms with Crippen LogP contribution in [0.25, 0.3) is 0 Å². The Morgan fingerprint density at radius 2 is 2.11 bits per heavy atom. The molecular weight excluding hydrogens is 253 g/mol. The van der Waals surface area contributed by atoms with Gasteiger partial charge >= 0.3 is 0 Å². The van der Waals surface area contributed by atoms with Crippen LogP contribution in [0.15, 0.2) is 18.2 Å². The first-order chi connectivity index (χ1) is 8.50. The van der Waals surface area contributed by atoms with E-state index < -0.39 is 0 Å². The van der Waals surface area contributed by atoms with E-state index in [-0.39, 0.29) is 16.9 Å². The molecule has 0 amide bonds. The van der Waals surface area contributed by atoms with Crippen LogP contribution in [0.4, 0.5) is 4.39 Å². The van der Waals surface area contributed by atoms with Gasteiger partial charge in [-0.2, -0.15) is 0 Å². The minimum absolute atomic E-state index is 0.173. The zero-order valence-electron chi connectivity index (χ0n) is 10.6. The number of nitrogens with two attached hydrogens (primary N) is 1. The van der Waals surface area contributed by atoms with Gasteiger partial charge in [0.15, 0.2) is 0 Å². The van der Waals surface area contributed by atoms with E-state index in [9.17, 15) is 4.39 Å². The molecule has 2 N–H and O–H groups in total. The summed E-state index contributed by atoms with van der Waals surface area (Å²) < 4.78 is 23.8. The molecule has 0 saturated heterocycles. The predicted molar refractivity (Wildman–Crippen MR) is 73.0 cm³/mol.